The van der Waals surface area contributed by atoms with E-state index < -0.39 is 0 Å². The largest absolute Gasteiger partial charge is 0.493 e. The van der Waals surface area contributed by atoms with E-state index in [1.165, 1.54) is 16.7 Å². The Balaban J connectivity index is 1.67. The van der Waals surface area contributed by atoms with Crippen LogP contribution in [0.5, 0.6) is 5.75 Å². The molecule has 2 aromatic rings. The van der Waals surface area contributed by atoms with E-state index in [0.29, 0.717) is 0 Å². The zero-order valence-electron chi connectivity index (χ0n) is 15.6. The number of hydrogen-bond acceptors (Lipinski definition) is 2. The van der Waals surface area contributed by atoms with Gasteiger partial charge in [0, 0.05) is 13.1 Å². The highest BCUT2D eigenvalue weighted by Gasteiger charge is 2.17. The first-order valence-corrected chi connectivity index (χ1v) is 8.91. The van der Waals surface area contributed by atoms with Gasteiger partial charge < -0.3 is 10.1 Å². The maximum atomic E-state index is 5.97. The van der Waals surface area contributed by atoms with Crippen molar-refractivity contribution in [3.05, 3.63) is 65.2 Å². The summed E-state index contributed by atoms with van der Waals surface area (Å²) in [7, 11) is 0. The molecule has 0 spiro atoms. The molecule has 2 nitrogen and oxygen atoms in total. The molecule has 0 heterocycles. The molecular weight excluding hydrogens is 294 g/mol. The van der Waals surface area contributed by atoms with Gasteiger partial charge in [-0.2, -0.15) is 0 Å². The predicted molar refractivity (Wildman–Crippen MR) is 103 cm³/mol. The van der Waals surface area contributed by atoms with Gasteiger partial charge in [0.1, 0.15) is 5.75 Å². The molecule has 0 aliphatic carbocycles. The summed E-state index contributed by atoms with van der Waals surface area (Å²) in [5, 5.41) is 3.58. The van der Waals surface area contributed by atoms with Gasteiger partial charge in [0.05, 0.1) is 6.61 Å². The van der Waals surface area contributed by atoms with Crippen molar-refractivity contribution in [2.45, 2.75) is 47.1 Å². The number of rotatable bonds is 9. The Morgan fingerprint density at radius 3 is 2.50 bits per heavy atom. The molecule has 0 atom stereocenters. The van der Waals surface area contributed by atoms with Gasteiger partial charge in [-0.05, 0) is 54.9 Å². The Hall–Kier alpha value is -1.80. The second kappa shape index (κ2) is 8.89. The molecule has 2 heteroatoms. The predicted octanol–water partition coefficient (Wildman–Crippen LogP) is 5.28. The lowest BCUT2D eigenvalue weighted by atomic mass is 9.88. The Morgan fingerprint density at radius 2 is 1.75 bits per heavy atom. The summed E-state index contributed by atoms with van der Waals surface area (Å²) in [4.78, 5) is 0. The molecule has 0 aromatic heterocycles. The van der Waals surface area contributed by atoms with Crippen LogP contribution >= 0.6 is 0 Å². The van der Waals surface area contributed by atoms with Crippen molar-refractivity contribution in [3.8, 4) is 5.75 Å². The number of hydrogen-bond donors (Lipinski definition) is 1. The average molecular weight is 325 g/mol. The molecule has 0 radical (unpaired) electrons. The van der Waals surface area contributed by atoms with Gasteiger partial charge in [0.2, 0.25) is 0 Å². The maximum Gasteiger partial charge on any atom is 0.122 e. The minimum absolute atomic E-state index is 0.278. The van der Waals surface area contributed by atoms with Crippen LogP contribution in [-0.4, -0.2) is 13.2 Å². The summed E-state index contributed by atoms with van der Waals surface area (Å²) in [5.74, 6) is 1.02. The van der Waals surface area contributed by atoms with E-state index in [1.807, 2.05) is 0 Å². The Bertz CT molecular complexity index is 619. The molecule has 0 aliphatic rings. The Kier molecular flexibility index (Phi) is 6.86. The minimum atomic E-state index is 0.278. The summed E-state index contributed by atoms with van der Waals surface area (Å²) in [6.45, 7) is 11.6. The van der Waals surface area contributed by atoms with Crippen molar-refractivity contribution in [3.63, 3.8) is 0 Å². The lowest BCUT2D eigenvalue weighted by Gasteiger charge is -2.25. The standard InChI is InChI=1S/C22H31NO/c1-18-11-12-19(2)21(15-18)24-14-8-13-22(3,4)17-23-16-20-9-6-5-7-10-20/h5-7,9-12,15,23H,8,13-14,16-17H2,1-4H3. The number of aryl methyl sites for hydroxylation is 2. The van der Waals surface area contributed by atoms with Gasteiger partial charge in [-0.1, -0.05) is 56.3 Å². The van der Waals surface area contributed by atoms with Crippen molar-refractivity contribution >= 4 is 0 Å². The van der Waals surface area contributed by atoms with Crippen LogP contribution in [0, 0.1) is 19.3 Å². The molecule has 130 valence electrons. The lowest BCUT2D eigenvalue weighted by Crippen LogP contribution is -2.29. The molecule has 0 amide bonds. The van der Waals surface area contributed by atoms with Crippen molar-refractivity contribution in [1.29, 1.82) is 0 Å². The number of benzene rings is 2. The Labute approximate surface area is 147 Å². The number of ether oxygens (including phenoxy) is 1. The van der Waals surface area contributed by atoms with Crippen LogP contribution < -0.4 is 10.1 Å². The second-order valence-corrected chi connectivity index (χ2v) is 7.47. The normalized spacial score (nSPS) is 11.5. The van der Waals surface area contributed by atoms with Crippen LogP contribution in [0.25, 0.3) is 0 Å². The number of nitrogens with one attached hydrogen (secondary N) is 1. The third-order valence-electron chi connectivity index (χ3n) is 4.37. The van der Waals surface area contributed by atoms with Crippen molar-refractivity contribution in [2.75, 3.05) is 13.2 Å². The smallest absolute Gasteiger partial charge is 0.122 e. The fourth-order valence-corrected chi connectivity index (χ4v) is 2.83. The highest BCUT2D eigenvalue weighted by molar-refractivity contribution is 5.35. The second-order valence-electron chi connectivity index (χ2n) is 7.47. The molecule has 0 aliphatic heterocycles. The molecule has 2 rings (SSSR count). The third kappa shape index (κ3) is 6.37. The van der Waals surface area contributed by atoms with E-state index in [2.05, 4.69) is 81.5 Å². The van der Waals surface area contributed by atoms with E-state index >= 15 is 0 Å². The zero-order chi connectivity index (χ0) is 17.4. The van der Waals surface area contributed by atoms with Gasteiger partial charge in [0.25, 0.3) is 0 Å². The molecule has 0 saturated carbocycles. The molecule has 2 aromatic carbocycles. The molecule has 0 bridgehead atoms. The van der Waals surface area contributed by atoms with Gasteiger partial charge in [-0.15, -0.1) is 0 Å². The van der Waals surface area contributed by atoms with E-state index in [-0.39, 0.29) is 5.41 Å². The molecule has 0 saturated heterocycles. The van der Waals surface area contributed by atoms with Crippen LogP contribution in [0.4, 0.5) is 0 Å². The lowest BCUT2D eigenvalue weighted by molar-refractivity contribution is 0.249. The summed E-state index contributed by atoms with van der Waals surface area (Å²) in [6.07, 6.45) is 2.23. The third-order valence-corrected chi connectivity index (χ3v) is 4.37. The fourth-order valence-electron chi connectivity index (χ4n) is 2.83. The fraction of sp³-hybridized carbons (Fsp3) is 0.455. The summed E-state index contributed by atoms with van der Waals surface area (Å²) >= 11 is 0. The highest BCUT2D eigenvalue weighted by atomic mass is 16.5. The van der Waals surface area contributed by atoms with Crippen molar-refractivity contribution in [1.82, 2.24) is 5.32 Å². The van der Waals surface area contributed by atoms with Gasteiger partial charge in [0.15, 0.2) is 0 Å². The summed E-state index contributed by atoms with van der Waals surface area (Å²) < 4.78 is 5.97. The monoisotopic (exact) mass is 325 g/mol. The molecular formula is C22H31NO. The molecule has 0 unspecified atom stereocenters. The summed E-state index contributed by atoms with van der Waals surface area (Å²) in [5.41, 5.74) is 4.08. The van der Waals surface area contributed by atoms with Crippen LogP contribution in [0.3, 0.4) is 0 Å². The maximum absolute atomic E-state index is 5.97. The quantitative estimate of drug-likeness (QED) is 0.633. The topological polar surface area (TPSA) is 21.3 Å². The van der Waals surface area contributed by atoms with Gasteiger partial charge in [-0.25, -0.2) is 0 Å². The minimum Gasteiger partial charge on any atom is -0.493 e. The zero-order valence-corrected chi connectivity index (χ0v) is 15.6. The van der Waals surface area contributed by atoms with Crippen molar-refractivity contribution in [2.24, 2.45) is 5.41 Å². The SMILES string of the molecule is Cc1ccc(C)c(OCCCC(C)(C)CNCc2ccccc2)c1. The molecule has 0 fully saturated rings. The van der Waals surface area contributed by atoms with Crippen LogP contribution in [0.2, 0.25) is 0 Å². The Morgan fingerprint density at radius 1 is 1.00 bits per heavy atom. The molecule has 24 heavy (non-hydrogen) atoms. The molecule has 1 N–H and O–H groups in total. The van der Waals surface area contributed by atoms with Crippen LogP contribution in [-0.2, 0) is 6.54 Å². The average Bonchev–Trinajstić information content (AvgIpc) is 2.55. The van der Waals surface area contributed by atoms with E-state index in [4.69, 9.17) is 4.74 Å². The van der Waals surface area contributed by atoms with E-state index in [1.54, 1.807) is 0 Å². The first-order valence-electron chi connectivity index (χ1n) is 8.91. The van der Waals surface area contributed by atoms with E-state index in [0.717, 1.165) is 38.3 Å². The van der Waals surface area contributed by atoms with E-state index in [9.17, 15) is 0 Å². The van der Waals surface area contributed by atoms with Crippen LogP contribution in [0.1, 0.15) is 43.4 Å². The highest BCUT2D eigenvalue weighted by Crippen LogP contribution is 2.23. The van der Waals surface area contributed by atoms with Crippen molar-refractivity contribution < 1.29 is 4.74 Å². The summed E-state index contributed by atoms with van der Waals surface area (Å²) in [6, 6.07) is 17.0. The first kappa shape index (κ1) is 18.5. The van der Waals surface area contributed by atoms with Gasteiger partial charge in [-0.3, -0.25) is 0 Å². The van der Waals surface area contributed by atoms with Gasteiger partial charge >= 0.3 is 0 Å². The first-order chi connectivity index (χ1) is 11.5. The van der Waals surface area contributed by atoms with Crippen LogP contribution in [0.15, 0.2) is 48.5 Å².